The van der Waals surface area contributed by atoms with Gasteiger partial charge in [-0.3, -0.25) is 0 Å². The molecular formula is C15H22N2O2. The normalized spacial score (nSPS) is 19.5. The Morgan fingerprint density at radius 3 is 2.47 bits per heavy atom. The van der Waals surface area contributed by atoms with Gasteiger partial charge >= 0.3 is 6.03 Å². The summed E-state index contributed by atoms with van der Waals surface area (Å²) in [5, 5.41) is 0. The van der Waals surface area contributed by atoms with Gasteiger partial charge in [0.15, 0.2) is 0 Å². The summed E-state index contributed by atoms with van der Waals surface area (Å²) in [6.45, 7) is 5.02. The van der Waals surface area contributed by atoms with Crippen LogP contribution in [0.4, 0.5) is 4.79 Å². The molecule has 1 aliphatic rings. The number of likely N-dealkylation sites (N-methyl/N-ethyl adjacent to an activating group) is 2. The maximum Gasteiger partial charge on any atom is 0.320 e. The molecular weight excluding hydrogens is 240 g/mol. The zero-order valence-corrected chi connectivity index (χ0v) is 12.3. The maximum atomic E-state index is 11.9. The number of hydrogen-bond acceptors (Lipinski definition) is 2. The van der Waals surface area contributed by atoms with E-state index in [0.29, 0.717) is 12.5 Å². The monoisotopic (exact) mass is 262 g/mol. The fraction of sp³-hybridized carbons (Fsp3) is 0.533. The number of methoxy groups -OCH3 is 1. The van der Waals surface area contributed by atoms with E-state index in [2.05, 4.69) is 32.0 Å². The lowest BCUT2D eigenvalue weighted by Gasteiger charge is -2.21. The summed E-state index contributed by atoms with van der Waals surface area (Å²) in [5.74, 6) is 1.33. The van der Waals surface area contributed by atoms with Gasteiger partial charge in [-0.2, -0.15) is 0 Å². The predicted octanol–water partition coefficient (Wildman–Crippen LogP) is 2.86. The number of urea groups is 1. The molecule has 0 radical (unpaired) electrons. The standard InChI is InChI=1S/C15H22N2O2/c1-10(2)11-6-7-12(14(8-11)19-5)13-9-16(3)15(18)17(13)4/h6-8,10,13H,9H2,1-5H3. The molecule has 1 heterocycles. The van der Waals surface area contributed by atoms with Gasteiger partial charge in [-0.15, -0.1) is 0 Å². The van der Waals surface area contributed by atoms with Crippen LogP contribution in [-0.4, -0.2) is 43.6 Å². The number of nitrogens with zero attached hydrogens (tertiary/aromatic N) is 2. The zero-order valence-electron chi connectivity index (χ0n) is 12.3. The highest BCUT2D eigenvalue weighted by molar-refractivity contribution is 5.77. The van der Waals surface area contributed by atoms with Crippen LogP contribution in [0.2, 0.25) is 0 Å². The molecule has 4 nitrogen and oxygen atoms in total. The Balaban J connectivity index is 2.37. The minimum absolute atomic E-state index is 0.0555. The van der Waals surface area contributed by atoms with Crippen molar-refractivity contribution >= 4 is 6.03 Å². The Labute approximate surface area is 115 Å². The van der Waals surface area contributed by atoms with Gasteiger partial charge in [0.1, 0.15) is 5.75 Å². The Morgan fingerprint density at radius 1 is 1.32 bits per heavy atom. The van der Waals surface area contributed by atoms with Gasteiger partial charge in [0.05, 0.1) is 13.2 Å². The third-order valence-electron chi connectivity index (χ3n) is 3.83. The summed E-state index contributed by atoms with van der Waals surface area (Å²) in [6.07, 6.45) is 0. The lowest BCUT2D eigenvalue weighted by atomic mass is 9.97. The Bertz CT molecular complexity index is 485. The fourth-order valence-corrected chi connectivity index (χ4v) is 2.53. The molecule has 2 amide bonds. The van der Waals surface area contributed by atoms with Crippen molar-refractivity contribution in [1.29, 1.82) is 0 Å². The summed E-state index contributed by atoms with van der Waals surface area (Å²) in [7, 11) is 5.35. The number of carbonyl (C=O) groups excluding carboxylic acids is 1. The maximum absolute atomic E-state index is 11.9. The molecule has 0 saturated carbocycles. The second kappa shape index (κ2) is 5.11. The van der Waals surface area contributed by atoms with Gasteiger partial charge in [-0.1, -0.05) is 26.0 Å². The van der Waals surface area contributed by atoms with Gasteiger partial charge in [-0.25, -0.2) is 4.79 Å². The highest BCUT2D eigenvalue weighted by Gasteiger charge is 2.34. The van der Waals surface area contributed by atoms with Crippen LogP contribution in [0.5, 0.6) is 5.75 Å². The van der Waals surface area contributed by atoms with Crippen molar-refractivity contribution in [1.82, 2.24) is 9.80 Å². The molecule has 0 N–H and O–H groups in total. The third-order valence-corrected chi connectivity index (χ3v) is 3.83. The first-order valence-corrected chi connectivity index (χ1v) is 6.61. The molecule has 1 saturated heterocycles. The Morgan fingerprint density at radius 2 is 2.00 bits per heavy atom. The molecule has 1 aromatic rings. The van der Waals surface area contributed by atoms with Gasteiger partial charge in [-0.05, 0) is 17.5 Å². The van der Waals surface area contributed by atoms with E-state index in [-0.39, 0.29) is 12.1 Å². The molecule has 0 spiro atoms. The summed E-state index contributed by atoms with van der Waals surface area (Å²) in [5.41, 5.74) is 2.33. The van der Waals surface area contributed by atoms with Gasteiger partial charge in [0.2, 0.25) is 0 Å². The van der Waals surface area contributed by atoms with Crippen LogP contribution in [0.3, 0.4) is 0 Å². The van der Waals surface area contributed by atoms with Gasteiger partial charge in [0.25, 0.3) is 0 Å². The first-order chi connectivity index (χ1) is 8.95. The SMILES string of the molecule is COc1cc(C(C)C)ccc1C1CN(C)C(=O)N1C. The molecule has 1 fully saturated rings. The van der Waals surface area contributed by atoms with E-state index in [1.54, 1.807) is 16.9 Å². The fourth-order valence-electron chi connectivity index (χ4n) is 2.53. The van der Waals surface area contributed by atoms with Crippen LogP contribution >= 0.6 is 0 Å². The summed E-state index contributed by atoms with van der Waals surface area (Å²) in [6, 6.07) is 6.41. The largest absolute Gasteiger partial charge is 0.496 e. The number of amides is 2. The summed E-state index contributed by atoms with van der Waals surface area (Å²) >= 11 is 0. The molecule has 0 aromatic heterocycles. The van der Waals surface area contributed by atoms with E-state index in [1.165, 1.54) is 5.56 Å². The van der Waals surface area contributed by atoms with E-state index < -0.39 is 0 Å². The van der Waals surface area contributed by atoms with Crippen molar-refractivity contribution < 1.29 is 9.53 Å². The van der Waals surface area contributed by atoms with Crippen molar-refractivity contribution in [3.05, 3.63) is 29.3 Å². The van der Waals surface area contributed by atoms with Crippen molar-refractivity contribution in [2.75, 3.05) is 27.7 Å². The second-order valence-electron chi connectivity index (χ2n) is 5.45. The first kappa shape index (κ1) is 13.7. The van der Waals surface area contributed by atoms with Gasteiger partial charge < -0.3 is 14.5 Å². The van der Waals surface area contributed by atoms with Crippen LogP contribution in [0.25, 0.3) is 0 Å². The minimum atomic E-state index is 0.0555. The predicted molar refractivity (Wildman–Crippen MR) is 75.6 cm³/mol. The van der Waals surface area contributed by atoms with Crippen LogP contribution in [0.15, 0.2) is 18.2 Å². The third kappa shape index (κ3) is 2.39. The van der Waals surface area contributed by atoms with E-state index >= 15 is 0 Å². The molecule has 1 unspecified atom stereocenters. The van der Waals surface area contributed by atoms with E-state index in [0.717, 1.165) is 11.3 Å². The van der Waals surface area contributed by atoms with Gasteiger partial charge in [0, 0.05) is 26.2 Å². The molecule has 0 aliphatic carbocycles. The summed E-state index contributed by atoms with van der Waals surface area (Å²) < 4.78 is 5.51. The van der Waals surface area contributed by atoms with Crippen LogP contribution in [0, 0.1) is 0 Å². The number of carbonyl (C=O) groups is 1. The highest BCUT2D eigenvalue weighted by Crippen LogP contribution is 2.35. The van der Waals surface area contributed by atoms with E-state index in [9.17, 15) is 4.79 Å². The average molecular weight is 262 g/mol. The summed E-state index contributed by atoms with van der Waals surface area (Å²) in [4.78, 5) is 15.4. The molecule has 2 rings (SSSR count). The first-order valence-electron chi connectivity index (χ1n) is 6.61. The minimum Gasteiger partial charge on any atom is -0.496 e. The van der Waals surface area contributed by atoms with Crippen LogP contribution in [0.1, 0.15) is 36.9 Å². The van der Waals surface area contributed by atoms with Crippen molar-refractivity contribution in [3.8, 4) is 5.75 Å². The Hall–Kier alpha value is -1.71. The van der Waals surface area contributed by atoms with E-state index in [1.807, 2.05) is 14.1 Å². The molecule has 4 heteroatoms. The molecule has 1 aliphatic heterocycles. The van der Waals surface area contributed by atoms with E-state index in [4.69, 9.17) is 4.74 Å². The smallest absolute Gasteiger partial charge is 0.320 e. The molecule has 19 heavy (non-hydrogen) atoms. The molecule has 0 bridgehead atoms. The molecule has 1 atom stereocenters. The Kier molecular flexibility index (Phi) is 3.69. The average Bonchev–Trinajstić information content (AvgIpc) is 2.65. The second-order valence-corrected chi connectivity index (χ2v) is 5.45. The van der Waals surface area contributed by atoms with Crippen LogP contribution < -0.4 is 4.74 Å². The van der Waals surface area contributed by atoms with Crippen molar-refractivity contribution in [2.24, 2.45) is 0 Å². The molecule has 1 aromatic carbocycles. The number of rotatable bonds is 3. The van der Waals surface area contributed by atoms with Crippen molar-refractivity contribution in [3.63, 3.8) is 0 Å². The lowest BCUT2D eigenvalue weighted by Crippen LogP contribution is -2.26. The number of hydrogen-bond donors (Lipinski definition) is 0. The topological polar surface area (TPSA) is 32.8 Å². The van der Waals surface area contributed by atoms with Crippen molar-refractivity contribution in [2.45, 2.75) is 25.8 Å². The number of benzene rings is 1. The lowest BCUT2D eigenvalue weighted by molar-refractivity contribution is 0.201. The van der Waals surface area contributed by atoms with Crippen LogP contribution in [-0.2, 0) is 0 Å². The highest BCUT2D eigenvalue weighted by atomic mass is 16.5. The molecule has 104 valence electrons. The zero-order chi connectivity index (χ0) is 14.2. The quantitative estimate of drug-likeness (QED) is 0.839. The number of ether oxygens (including phenoxy) is 1.